The SMILES string of the molecule is Cc1ccc(O[C@@H]2CC[C@H](CNC(=O)c3cn(C)cn3)[C@H]2O)cc1. The molecule has 3 atom stereocenters. The van der Waals surface area contributed by atoms with Crippen LogP contribution in [-0.4, -0.2) is 39.3 Å². The van der Waals surface area contributed by atoms with Crippen LogP contribution in [0.5, 0.6) is 5.75 Å². The molecule has 0 unspecified atom stereocenters. The summed E-state index contributed by atoms with van der Waals surface area (Å²) in [6.45, 7) is 2.44. The molecule has 1 aliphatic carbocycles. The molecule has 1 heterocycles. The van der Waals surface area contributed by atoms with E-state index in [2.05, 4.69) is 10.3 Å². The van der Waals surface area contributed by atoms with E-state index in [1.807, 2.05) is 38.2 Å². The molecule has 1 aromatic heterocycles. The van der Waals surface area contributed by atoms with Crippen LogP contribution < -0.4 is 10.1 Å². The van der Waals surface area contributed by atoms with E-state index in [-0.39, 0.29) is 17.9 Å². The Hall–Kier alpha value is -2.34. The third-order valence-corrected chi connectivity index (χ3v) is 4.46. The van der Waals surface area contributed by atoms with Crippen molar-refractivity contribution in [3.8, 4) is 5.75 Å². The van der Waals surface area contributed by atoms with Crippen molar-refractivity contribution in [3.05, 3.63) is 48.0 Å². The van der Waals surface area contributed by atoms with E-state index in [0.717, 1.165) is 18.6 Å². The van der Waals surface area contributed by atoms with Crippen LogP contribution in [0.2, 0.25) is 0 Å². The van der Waals surface area contributed by atoms with E-state index < -0.39 is 6.10 Å². The Bertz CT molecular complexity index is 696. The lowest BCUT2D eigenvalue weighted by Crippen LogP contribution is -2.37. The fraction of sp³-hybridized carbons (Fsp3) is 0.444. The number of aromatic nitrogens is 2. The van der Waals surface area contributed by atoms with Gasteiger partial charge in [-0.25, -0.2) is 4.98 Å². The summed E-state index contributed by atoms with van der Waals surface area (Å²) in [4.78, 5) is 16.0. The van der Waals surface area contributed by atoms with Gasteiger partial charge >= 0.3 is 0 Å². The standard InChI is InChI=1S/C18H23N3O3/c1-12-3-6-14(7-4-12)24-16-8-5-13(17(16)22)9-19-18(23)15-10-21(2)11-20-15/h3-4,6-7,10-11,13,16-17,22H,5,8-9H2,1-2H3,(H,19,23)/t13-,16-,17-/m1/s1. The average Bonchev–Trinajstić information content (AvgIpc) is 3.15. The Morgan fingerprint density at radius 2 is 2.12 bits per heavy atom. The molecule has 0 bridgehead atoms. The molecule has 0 aliphatic heterocycles. The van der Waals surface area contributed by atoms with Crippen molar-refractivity contribution in [2.45, 2.75) is 32.0 Å². The highest BCUT2D eigenvalue weighted by atomic mass is 16.5. The fourth-order valence-corrected chi connectivity index (χ4v) is 3.01. The molecule has 1 saturated carbocycles. The van der Waals surface area contributed by atoms with Crippen LogP contribution in [0.15, 0.2) is 36.8 Å². The molecule has 1 fully saturated rings. The van der Waals surface area contributed by atoms with Crippen LogP contribution in [0.3, 0.4) is 0 Å². The maximum Gasteiger partial charge on any atom is 0.271 e. The second-order valence-electron chi connectivity index (χ2n) is 6.43. The monoisotopic (exact) mass is 329 g/mol. The Morgan fingerprint density at radius 1 is 1.38 bits per heavy atom. The number of nitrogens with one attached hydrogen (secondary N) is 1. The number of hydrogen-bond acceptors (Lipinski definition) is 4. The smallest absolute Gasteiger partial charge is 0.271 e. The zero-order chi connectivity index (χ0) is 17.1. The molecule has 6 heteroatoms. The first-order valence-electron chi connectivity index (χ1n) is 8.20. The van der Waals surface area contributed by atoms with E-state index >= 15 is 0 Å². The number of rotatable bonds is 5. The van der Waals surface area contributed by atoms with Crippen LogP contribution in [0.4, 0.5) is 0 Å². The first kappa shape index (κ1) is 16.5. The molecule has 1 aromatic carbocycles. The molecule has 1 amide bonds. The van der Waals surface area contributed by atoms with E-state index in [9.17, 15) is 9.90 Å². The van der Waals surface area contributed by atoms with Gasteiger partial charge in [0.25, 0.3) is 5.91 Å². The maximum absolute atomic E-state index is 12.0. The normalized spacial score (nSPS) is 23.2. The second-order valence-corrected chi connectivity index (χ2v) is 6.43. The molecule has 3 rings (SSSR count). The van der Waals surface area contributed by atoms with Crippen LogP contribution in [0.1, 0.15) is 28.9 Å². The van der Waals surface area contributed by atoms with Gasteiger partial charge in [-0.3, -0.25) is 4.79 Å². The lowest BCUT2D eigenvalue weighted by atomic mass is 10.1. The predicted molar refractivity (Wildman–Crippen MR) is 89.9 cm³/mol. The second kappa shape index (κ2) is 7.05. The fourth-order valence-electron chi connectivity index (χ4n) is 3.01. The van der Waals surface area contributed by atoms with Crippen molar-refractivity contribution in [2.24, 2.45) is 13.0 Å². The number of nitrogens with zero attached hydrogens (tertiary/aromatic N) is 2. The van der Waals surface area contributed by atoms with E-state index in [0.29, 0.717) is 12.2 Å². The van der Waals surface area contributed by atoms with Crippen LogP contribution in [0.25, 0.3) is 0 Å². The molecular weight excluding hydrogens is 306 g/mol. The van der Waals surface area contributed by atoms with Crippen molar-refractivity contribution in [1.29, 1.82) is 0 Å². The minimum Gasteiger partial charge on any atom is -0.488 e. The minimum atomic E-state index is -0.588. The third-order valence-electron chi connectivity index (χ3n) is 4.46. The molecule has 2 N–H and O–H groups in total. The Kier molecular flexibility index (Phi) is 4.85. The molecule has 6 nitrogen and oxygen atoms in total. The zero-order valence-electron chi connectivity index (χ0n) is 14.0. The van der Waals surface area contributed by atoms with Gasteiger partial charge in [-0.2, -0.15) is 0 Å². The zero-order valence-corrected chi connectivity index (χ0v) is 14.0. The number of carbonyl (C=O) groups is 1. The highest BCUT2D eigenvalue weighted by Gasteiger charge is 2.36. The molecule has 0 radical (unpaired) electrons. The summed E-state index contributed by atoms with van der Waals surface area (Å²) in [5.41, 5.74) is 1.56. The molecule has 0 spiro atoms. The highest BCUT2D eigenvalue weighted by Crippen LogP contribution is 2.29. The van der Waals surface area contributed by atoms with Gasteiger partial charge in [0.2, 0.25) is 0 Å². The highest BCUT2D eigenvalue weighted by molar-refractivity contribution is 5.91. The van der Waals surface area contributed by atoms with Gasteiger partial charge in [0.1, 0.15) is 17.5 Å². The summed E-state index contributed by atoms with van der Waals surface area (Å²) >= 11 is 0. The van der Waals surface area contributed by atoms with Gasteiger partial charge in [-0.15, -0.1) is 0 Å². The van der Waals surface area contributed by atoms with Crippen molar-refractivity contribution < 1.29 is 14.6 Å². The van der Waals surface area contributed by atoms with Gasteiger partial charge < -0.3 is 19.7 Å². The molecule has 128 valence electrons. The maximum atomic E-state index is 12.0. The summed E-state index contributed by atoms with van der Waals surface area (Å²) in [5, 5.41) is 13.3. The predicted octanol–water partition coefficient (Wildman–Crippen LogP) is 1.68. The largest absolute Gasteiger partial charge is 0.488 e. The van der Waals surface area contributed by atoms with Gasteiger partial charge in [-0.1, -0.05) is 17.7 Å². The van der Waals surface area contributed by atoms with Gasteiger partial charge in [-0.05, 0) is 31.9 Å². The Balaban J connectivity index is 1.51. The van der Waals surface area contributed by atoms with Gasteiger partial charge in [0.05, 0.1) is 12.4 Å². The number of amides is 1. The first-order valence-corrected chi connectivity index (χ1v) is 8.20. The van der Waals surface area contributed by atoms with Crippen LogP contribution in [-0.2, 0) is 7.05 Å². The number of imidazole rings is 1. The molecule has 2 aromatic rings. The molecule has 24 heavy (non-hydrogen) atoms. The summed E-state index contributed by atoms with van der Waals surface area (Å²) in [6.07, 6.45) is 4.04. The Labute approximate surface area is 141 Å². The van der Waals surface area contributed by atoms with Crippen molar-refractivity contribution in [3.63, 3.8) is 0 Å². The third kappa shape index (κ3) is 3.76. The summed E-state index contributed by atoms with van der Waals surface area (Å²) < 4.78 is 7.62. The van der Waals surface area contributed by atoms with E-state index in [4.69, 9.17) is 4.74 Å². The lowest BCUT2D eigenvalue weighted by Gasteiger charge is -2.21. The van der Waals surface area contributed by atoms with Gasteiger partial charge in [0.15, 0.2) is 0 Å². The number of ether oxygens (including phenoxy) is 1. The summed E-state index contributed by atoms with van der Waals surface area (Å²) in [7, 11) is 1.82. The molecular formula is C18H23N3O3. The van der Waals surface area contributed by atoms with E-state index in [1.54, 1.807) is 17.1 Å². The summed E-state index contributed by atoms with van der Waals surface area (Å²) in [6, 6.07) is 7.80. The number of aryl methyl sites for hydroxylation is 2. The molecule has 1 aliphatic rings. The molecule has 0 saturated heterocycles. The van der Waals surface area contributed by atoms with Crippen LogP contribution in [0, 0.1) is 12.8 Å². The lowest BCUT2D eigenvalue weighted by molar-refractivity contribution is 0.0348. The summed E-state index contributed by atoms with van der Waals surface area (Å²) in [5.74, 6) is 0.543. The van der Waals surface area contributed by atoms with Crippen molar-refractivity contribution >= 4 is 5.91 Å². The number of hydrogen-bond donors (Lipinski definition) is 2. The van der Waals surface area contributed by atoms with Gasteiger partial charge in [0, 0.05) is 25.7 Å². The number of benzene rings is 1. The van der Waals surface area contributed by atoms with Crippen LogP contribution >= 0.6 is 0 Å². The number of carbonyl (C=O) groups excluding carboxylic acids is 1. The minimum absolute atomic E-state index is 0.00638. The topological polar surface area (TPSA) is 76.4 Å². The average molecular weight is 329 g/mol. The number of aliphatic hydroxyl groups is 1. The van der Waals surface area contributed by atoms with Crippen molar-refractivity contribution in [2.75, 3.05) is 6.54 Å². The Morgan fingerprint density at radius 3 is 2.79 bits per heavy atom. The van der Waals surface area contributed by atoms with Crippen molar-refractivity contribution in [1.82, 2.24) is 14.9 Å². The quantitative estimate of drug-likeness (QED) is 0.875. The van der Waals surface area contributed by atoms with E-state index in [1.165, 1.54) is 5.56 Å². The first-order chi connectivity index (χ1) is 11.5. The number of aliphatic hydroxyl groups excluding tert-OH is 1.